The molecule has 2 N–H and O–H groups in total. The van der Waals surface area contributed by atoms with Gasteiger partial charge in [-0.2, -0.15) is 0 Å². The summed E-state index contributed by atoms with van der Waals surface area (Å²) in [4.78, 5) is 4.04. The molecule has 0 spiro atoms. The van der Waals surface area contributed by atoms with Crippen LogP contribution in [0.1, 0.15) is 24.6 Å². The van der Waals surface area contributed by atoms with Gasteiger partial charge in [-0.3, -0.25) is 4.98 Å². The van der Waals surface area contributed by atoms with Crippen molar-refractivity contribution in [2.45, 2.75) is 25.3 Å². The van der Waals surface area contributed by atoms with Crippen LogP contribution in [0.2, 0.25) is 5.02 Å². The van der Waals surface area contributed by atoms with Crippen molar-refractivity contribution < 1.29 is 8.78 Å². The Morgan fingerprint density at radius 3 is 2.55 bits per heavy atom. The average Bonchev–Trinajstić information content (AvgIpc) is 2.43. The summed E-state index contributed by atoms with van der Waals surface area (Å²) in [5, 5.41) is 0.0766. The molecule has 1 aromatic heterocycles. The van der Waals surface area contributed by atoms with E-state index in [0.29, 0.717) is 18.5 Å². The molecule has 1 unspecified atom stereocenters. The molecule has 0 saturated heterocycles. The number of pyridine rings is 1. The van der Waals surface area contributed by atoms with E-state index in [1.54, 1.807) is 12.1 Å². The standard InChI is InChI=1S/C15H15ClF2N2/c1-2-15(19,14-6-4-11(17)9-20-14)8-10-3-5-12(16)13(18)7-10/h3-7,9H,2,8,19H2,1H3. The van der Waals surface area contributed by atoms with E-state index in [-0.39, 0.29) is 5.02 Å². The van der Waals surface area contributed by atoms with Crippen LogP contribution in [0.3, 0.4) is 0 Å². The molecule has 0 radical (unpaired) electrons. The van der Waals surface area contributed by atoms with E-state index in [9.17, 15) is 8.78 Å². The van der Waals surface area contributed by atoms with Gasteiger partial charge in [-0.25, -0.2) is 8.78 Å². The quantitative estimate of drug-likeness (QED) is 0.931. The van der Waals surface area contributed by atoms with E-state index in [1.807, 2.05) is 6.92 Å². The van der Waals surface area contributed by atoms with Crippen molar-refractivity contribution in [1.29, 1.82) is 0 Å². The van der Waals surface area contributed by atoms with Crippen molar-refractivity contribution in [3.8, 4) is 0 Å². The minimum absolute atomic E-state index is 0.0766. The van der Waals surface area contributed by atoms with E-state index in [0.717, 1.165) is 11.8 Å². The zero-order valence-corrected chi connectivity index (χ0v) is 11.8. The van der Waals surface area contributed by atoms with Crippen LogP contribution in [0, 0.1) is 11.6 Å². The minimum Gasteiger partial charge on any atom is -0.320 e. The topological polar surface area (TPSA) is 38.9 Å². The van der Waals surface area contributed by atoms with Crippen molar-refractivity contribution >= 4 is 11.6 Å². The van der Waals surface area contributed by atoms with Gasteiger partial charge in [0.2, 0.25) is 0 Å². The van der Waals surface area contributed by atoms with Gasteiger partial charge in [0.15, 0.2) is 0 Å². The first-order valence-electron chi connectivity index (χ1n) is 6.29. The summed E-state index contributed by atoms with van der Waals surface area (Å²) < 4.78 is 26.4. The summed E-state index contributed by atoms with van der Waals surface area (Å²) in [5.74, 6) is -0.889. The Labute approximate surface area is 121 Å². The molecule has 0 aliphatic carbocycles. The van der Waals surface area contributed by atoms with Gasteiger partial charge < -0.3 is 5.73 Å². The Balaban J connectivity index is 2.31. The molecule has 106 valence electrons. The lowest BCUT2D eigenvalue weighted by atomic mass is 9.85. The predicted octanol–water partition coefficient (Wildman–Crippen LogP) is 3.82. The zero-order valence-electron chi connectivity index (χ0n) is 11.0. The molecule has 1 heterocycles. The fraction of sp³-hybridized carbons (Fsp3) is 0.267. The predicted molar refractivity (Wildman–Crippen MR) is 75.5 cm³/mol. The van der Waals surface area contributed by atoms with Crippen molar-refractivity contribution in [3.63, 3.8) is 0 Å². The zero-order chi connectivity index (χ0) is 14.8. The van der Waals surface area contributed by atoms with Gasteiger partial charge in [-0.15, -0.1) is 0 Å². The minimum atomic E-state index is -0.770. The molecule has 1 atom stereocenters. The fourth-order valence-corrected chi connectivity index (χ4v) is 2.20. The largest absolute Gasteiger partial charge is 0.320 e. The first-order chi connectivity index (χ1) is 9.44. The Hall–Kier alpha value is -1.52. The van der Waals surface area contributed by atoms with Crippen LogP contribution >= 0.6 is 11.6 Å². The number of benzene rings is 1. The number of halogens is 3. The van der Waals surface area contributed by atoms with Crippen LogP contribution in [0.4, 0.5) is 8.78 Å². The van der Waals surface area contributed by atoms with Gasteiger partial charge in [0.05, 0.1) is 22.5 Å². The molecule has 0 aliphatic rings. The van der Waals surface area contributed by atoms with E-state index < -0.39 is 17.2 Å². The Kier molecular flexibility index (Phi) is 4.35. The summed E-state index contributed by atoms with van der Waals surface area (Å²) in [5.41, 5.74) is 6.88. The molecule has 20 heavy (non-hydrogen) atoms. The van der Waals surface area contributed by atoms with E-state index >= 15 is 0 Å². The lowest BCUT2D eigenvalue weighted by molar-refractivity contribution is 0.410. The lowest BCUT2D eigenvalue weighted by Crippen LogP contribution is -2.39. The third-order valence-electron chi connectivity index (χ3n) is 3.37. The van der Waals surface area contributed by atoms with E-state index in [2.05, 4.69) is 4.98 Å². The van der Waals surface area contributed by atoms with E-state index in [4.69, 9.17) is 17.3 Å². The number of nitrogens with zero attached hydrogens (tertiary/aromatic N) is 1. The number of hydrogen-bond acceptors (Lipinski definition) is 2. The van der Waals surface area contributed by atoms with Gasteiger partial charge in [0, 0.05) is 0 Å². The molecular weight excluding hydrogens is 282 g/mol. The molecule has 2 rings (SSSR count). The summed E-state index contributed by atoms with van der Waals surface area (Å²) in [6.07, 6.45) is 2.13. The third-order valence-corrected chi connectivity index (χ3v) is 3.68. The second kappa shape index (κ2) is 5.85. The van der Waals surface area contributed by atoms with E-state index in [1.165, 1.54) is 18.2 Å². The highest BCUT2D eigenvalue weighted by molar-refractivity contribution is 6.30. The third kappa shape index (κ3) is 3.14. The maximum absolute atomic E-state index is 13.5. The Bertz CT molecular complexity index is 601. The number of rotatable bonds is 4. The molecule has 2 aromatic rings. The van der Waals surface area contributed by atoms with Crippen LogP contribution in [-0.4, -0.2) is 4.98 Å². The highest BCUT2D eigenvalue weighted by atomic mass is 35.5. The molecule has 0 bridgehead atoms. The van der Waals surface area contributed by atoms with Gasteiger partial charge in [-0.05, 0) is 42.7 Å². The van der Waals surface area contributed by atoms with Crippen LogP contribution < -0.4 is 5.73 Å². The molecule has 0 aliphatic heterocycles. The van der Waals surface area contributed by atoms with Gasteiger partial charge >= 0.3 is 0 Å². The maximum atomic E-state index is 13.5. The Morgan fingerprint density at radius 1 is 1.25 bits per heavy atom. The SMILES string of the molecule is CCC(N)(Cc1ccc(Cl)c(F)c1)c1ccc(F)cn1. The molecule has 2 nitrogen and oxygen atoms in total. The van der Waals surface area contributed by atoms with Crippen LogP contribution in [0.25, 0.3) is 0 Å². The normalized spacial score (nSPS) is 14.1. The second-order valence-electron chi connectivity index (χ2n) is 4.80. The van der Waals surface area contributed by atoms with Gasteiger partial charge in [0.25, 0.3) is 0 Å². The van der Waals surface area contributed by atoms with Crippen molar-refractivity contribution in [3.05, 3.63) is 64.4 Å². The van der Waals surface area contributed by atoms with Gasteiger partial charge in [0.1, 0.15) is 11.6 Å². The number of nitrogens with two attached hydrogens (primary N) is 1. The summed E-state index contributed by atoms with van der Waals surface area (Å²) in [6, 6.07) is 7.48. The molecule has 0 fully saturated rings. The molecule has 0 amide bonds. The fourth-order valence-electron chi connectivity index (χ4n) is 2.08. The van der Waals surface area contributed by atoms with Crippen molar-refractivity contribution in [2.75, 3.05) is 0 Å². The first-order valence-corrected chi connectivity index (χ1v) is 6.67. The monoisotopic (exact) mass is 296 g/mol. The van der Waals surface area contributed by atoms with Crippen LogP contribution in [0.5, 0.6) is 0 Å². The molecule has 0 saturated carbocycles. The van der Waals surface area contributed by atoms with Crippen LogP contribution in [-0.2, 0) is 12.0 Å². The second-order valence-corrected chi connectivity index (χ2v) is 5.20. The smallest absolute Gasteiger partial charge is 0.142 e. The van der Waals surface area contributed by atoms with Crippen LogP contribution in [0.15, 0.2) is 36.5 Å². The summed E-state index contributed by atoms with van der Waals surface area (Å²) >= 11 is 5.66. The molecule has 1 aromatic carbocycles. The molecular formula is C15H15ClF2N2. The number of aromatic nitrogens is 1. The van der Waals surface area contributed by atoms with Crippen molar-refractivity contribution in [1.82, 2.24) is 4.98 Å². The van der Waals surface area contributed by atoms with Gasteiger partial charge in [-0.1, -0.05) is 24.6 Å². The lowest BCUT2D eigenvalue weighted by Gasteiger charge is -2.27. The summed E-state index contributed by atoms with van der Waals surface area (Å²) in [6.45, 7) is 1.91. The highest BCUT2D eigenvalue weighted by Crippen LogP contribution is 2.26. The summed E-state index contributed by atoms with van der Waals surface area (Å²) in [7, 11) is 0. The molecule has 5 heteroatoms. The highest BCUT2D eigenvalue weighted by Gasteiger charge is 2.27. The first kappa shape index (κ1) is 14.9. The number of hydrogen-bond donors (Lipinski definition) is 1. The Morgan fingerprint density at radius 2 is 2.00 bits per heavy atom. The van der Waals surface area contributed by atoms with Crippen molar-refractivity contribution in [2.24, 2.45) is 5.73 Å². The maximum Gasteiger partial charge on any atom is 0.142 e. The average molecular weight is 297 g/mol.